The smallest absolute Gasteiger partial charge is 0.161 e. The van der Waals surface area contributed by atoms with Crippen LogP contribution in [0.2, 0.25) is 0 Å². The Bertz CT molecular complexity index is 472. The van der Waals surface area contributed by atoms with Gasteiger partial charge in [0.25, 0.3) is 0 Å². The fourth-order valence-corrected chi connectivity index (χ4v) is 2.88. The highest BCUT2D eigenvalue weighted by atomic mass is 16.6. The zero-order valence-electron chi connectivity index (χ0n) is 12.0. The average Bonchev–Trinajstić information content (AvgIpc) is 3.08. The Morgan fingerprint density at radius 2 is 2.00 bits per heavy atom. The van der Waals surface area contributed by atoms with Crippen molar-refractivity contribution in [3.8, 4) is 11.5 Å². The van der Waals surface area contributed by atoms with Gasteiger partial charge in [-0.3, -0.25) is 0 Å². The van der Waals surface area contributed by atoms with Crippen LogP contribution in [0, 0.1) is 5.92 Å². The van der Waals surface area contributed by atoms with E-state index in [1.165, 1.54) is 12.0 Å². The summed E-state index contributed by atoms with van der Waals surface area (Å²) in [4.78, 5) is 0. The summed E-state index contributed by atoms with van der Waals surface area (Å²) in [5, 5.41) is 3.54. The second kappa shape index (κ2) is 4.71. The molecule has 0 aromatic heterocycles. The summed E-state index contributed by atoms with van der Waals surface area (Å²) in [5.74, 6) is 2.53. The molecule has 3 nitrogen and oxygen atoms in total. The third-order valence-electron chi connectivity index (χ3n) is 4.39. The van der Waals surface area contributed by atoms with E-state index in [9.17, 15) is 0 Å². The minimum Gasteiger partial charge on any atom is -0.486 e. The van der Waals surface area contributed by atoms with Crippen LogP contribution in [0.3, 0.4) is 0 Å². The van der Waals surface area contributed by atoms with Crippen LogP contribution in [0.25, 0.3) is 0 Å². The Morgan fingerprint density at radius 3 is 2.74 bits per heavy atom. The van der Waals surface area contributed by atoms with Gasteiger partial charge in [-0.1, -0.05) is 26.8 Å². The number of hydrogen-bond donors (Lipinski definition) is 1. The molecular formula is C16H23NO2. The van der Waals surface area contributed by atoms with Crippen LogP contribution < -0.4 is 14.8 Å². The summed E-state index contributed by atoms with van der Waals surface area (Å²) < 4.78 is 11.3. The monoisotopic (exact) mass is 261 g/mol. The first-order chi connectivity index (χ1) is 9.09. The van der Waals surface area contributed by atoms with E-state index < -0.39 is 0 Å². The van der Waals surface area contributed by atoms with Crippen molar-refractivity contribution in [3.05, 3.63) is 23.8 Å². The number of ether oxygens (including phenoxy) is 2. The Labute approximate surface area is 115 Å². The van der Waals surface area contributed by atoms with Crippen LogP contribution in [-0.2, 0) is 5.41 Å². The molecule has 1 saturated carbocycles. The highest BCUT2D eigenvalue weighted by Crippen LogP contribution is 2.54. The lowest BCUT2D eigenvalue weighted by molar-refractivity contribution is 0.171. The van der Waals surface area contributed by atoms with Crippen LogP contribution >= 0.6 is 0 Å². The molecule has 2 unspecified atom stereocenters. The maximum atomic E-state index is 5.68. The van der Waals surface area contributed by atoms with Crippen molar-refractivity contribution < 1.29 is 9.47 Å². The van der Waals surface area contributed by atoms with Gasteiger partial charge in [0.1, 0.15) is 13.2 Å². The minimum atomic E-state index is 0.303. The molecule has 0 bridgehead atoms. The van der Waals surface area contributed by atoms with E-state index in [0.29, 0.717) is 24.7 Å². The van der Waals surface area contributed by atoms with Crippen LogP contribution in [0.15, 0.2) is 18.2 Å². The summed E-state index contributed by atoms with van der Waals surface area (Å²) in [6, 6.07) is 6.98. The van der Waals surface area contributed by atoms with Gasteiger partial charge in [-0.25, -0.2) is 0 Å². The summed E-state index contributed by atoms with van der Waals surface area (Å²) in [6.07, 6.45) is 1.26. The molecule has 2 aliphatic rings. The van der Waals surface area contributed by atoms with E-state index in [2.05, 4.69) is 44.3 Å². The van der Waals surface area contributed by atoms with Crippen LogP contribution in [0.5, 0.6) is 11.5 Å². The highest BCUT2D eigenvalue weighted by Gasteiger charge is 2.50. The number of rotatable bonds is 4. The Morgan fingerprint density at radius 1 is 1.26 bits per heavy atom. The summed E-state index contributed by atoms with van der Waals surface area (Å²) in [6.45, 7) is 9.16. The first-order valence-electron chi connectivity index (χ1n) is 7.23. The predicted octanol–water partition coefficient (Wildman–Crippen LogP) is 2.73. The number of fused-ring (bicyclic) bond motifs is 1. The molecule has 104 valence electrons. The second-order valence-electron chi connectivity index (χ2n) is 6.24. The number of hydrogen-bond acceptors (Lipinski definition) is 3. The van der Waals surface area contributed by atoms with Crippen LogP contribution in [0.1, 0.15) is 32.8 Å². The molecular weight excluding hydrogens is 238 g/mol. The molecule has 1 aromatic carbocycles. The fraction of sp³-hybridized carbons (Fsp3) is 0.625. The lowest BCUT2D eigenvalue weighted by Crippen LogP contribution is -2.26. The topological polar surface area (TPSA) is 30.5 Å². The molecule has 1 aromatic rings. The van der Waals surface area contributed by atoms with Crippen molar-refractivity contribution in [1.82, 2.24) is 5.32 Å². The molecule has 1 fully saturated rings. The van der Waals surface area contributed by atoms with E-state index in [0.717, 1.165) is 24.0 Å². The standard InChI is InChI=1S/C16H23NO2/c1-11(2)17-10-13-9-16(13,3)12-4-5-14-15(8-12)19-7-6-18-14/h4-5,8,11,13,17H,6-7,9-10H2,1-3H3. The molecule has 0 radical (unpaired) electrons. The second-order valence-corrected chi connectivity index (χ2v) is 6.24. The predicted molar refractivity (Wildman–Crippen MR) is 76.0 cm³/mol. The van der Waals surface area contributed by atoms with Crippen molar-refractivity contribution in [2.75, 3.05) is 19.8 Å². The summed E-state index contributed by atoms with van der Waals surface area (Å²) >= 11 is 0. The molecule has 1 heterocycles. The van der Waals surface area contributed by atoms with Crippen molar-refractivity contribution >= 4 is 0 Å². The van der Waals surface area contributed by atoms with E-state index in [4.69, 9.17) is 9.47 Å². The van der Waals surface area contributed by atoms with Crippen LogP contribution in [-0.4, -0.2) is 25.8 Å². The number of benzene rings is 1. The van der Waals surface area contributed by atoms with Gasteiger partial charge in [0.2, 0.25) is 0 Å². The zero-order chi connectivity index (χ0) is 13.5. The molecule has 1 aliphatic carbocycles. The van der Waals surface area contributed by atoms with Gasteiger partial charge in [-0.05, 0) is 42.0 Å². The molecule has 3 rings (SSSR count). The van der Waals surface area contributed by atoms with Gasteiger partial charge in [-0.2, -0.15) is 0 Å². The normalized spacial score (nSPS) is 28.5. The Hall–Kier alpha value is -1.22. The lowest BCUT2D eigenvalue weighted by Gasteiger charge is -2.21. The maximum Gasteiger partial charge on any atom is 0.161 e. The van der Waals surface area contributed by atoms with Gasteiger partial charge >= 0.3 is 0 Å². The SMILES string of the molecule is CC(C)NCC1CC1(C)c1ccc2c(c1)OCCO2. The molecule has 0 amide bonds. The third kappa shape index (κ3) is 2.44. The van der Waals surface area contributed by atoms with Crippen molar-refractivity contribution in [2.24, 2.45) is 5.92 Å². The zero-order valence-corrected chi connectivity index (χ0v) is 12.0. The van der Waals surface area contributed by atoms with Crippen molar-refractivity contribution in [3.63, 3.8) is 0 Å². The molecule has 1 N–H and O–H groups in total. The first-order valence-corrected chi connectivity index (χ1v) is 7.23. The third-order valence-corrected chi connectivity index (χ3v) is 4.39. The lowest BCUT2D eigenvalue weighted by atomic mass is 9.95. The Kier molecular flexibility index (Phi) is 3.17. The van der Waals surface area contributed by atoms with E-state index in [-0.39, 0.29) is 0 Å². The molecule has 3 heteroatoms. The maximum absolute atomic E-state index is 5.68. The summed E-state index contributed by atoms with van der Waals surface area (Å²) in [5.41, 5.74) is 1.69. The van der Waals surface area contributed by atoms with Gasteiger partial charge in [0, 0.05) is 6.04 Å². The molecule has 0 spiro atoms. The largest absolute Gasteiger partial charge is 0.486 e. The van der Waals surface area contributed by atoms with Crippen molar-refractivity contribution in [1.29, 1.82) is 0 Å². The van der Waals surface area contributed by atoms with Crippen LogP contribution in [0.4, 0.5) is 0 Å². The van der Waals surface area contributed by atoms with Gasteiger partial charge in [-0.15, -0.1) is 0 Å². The first kappa shape index (κ1) is 12.8. The van der Waals surface area contributed by atoms with Gasteiger partial charge in [0.15, 0.2) is 11.5 Å². The van der Waals surface area contributed by atoms with E-state index in [1.807, 2.05) is 0 Å². The number of nitrogens with one attached hydrogen (secondary N) is 1. The Balaban J connectivity index is 1.73. The minimum absolute atomic E-state index is 0.303. The average molecular weight is 261 g/mol. The molecule has 0 saturated heterocycles. The van der Waals surface area contributed by atoms with E-state index in [1.54, 1.807) is 0 Å². The van der Waals surface area contributed by atoms with Gasteiger partial charge < -0.3 is 14.8 Å². The summed E-state index contributed by atoms with van der Waals surface area (Å²) in [7, 11) is 0. The van der Waals surface area contributed by atoms with Crippen molar-refractivity contribution in [2.45, 2.75) is 38.6 Å². The molecule has 19 heavy (non-hydrogen) atoms. The molecule has 1 aliphatic heterocycles. The molecule has 2 atom stereocenters. The fourth-order valence-electron chi connectivity index (χ4n) is 2.88. The highest BCUT2D eigenvalue weighted by molar-refractivity contribution is 5.47. The van der Waals surface area contributed by atoms with Gasteiger partial charge in [0.05, 0.1) is 0 Å². The quantitative estimate of drug-likeness (QED) is 0.904. The van der Waals surface area contributed by atoms with E-state index >= 15 is 0 Å².